The van der Waals surface area contributed by atoms with Crippen molar-refractivity contribution in [3.63, 3.8) is 0 Å². The van der Waals surface area contributed by atoms with Gasteiger partial charge in [0.2, 0.25) is 10.0 Å². The fourth-order valence-corrected chi connectivity index (χ4v) is 4.36. The minimum Gasteiger partial charge on any atom is -0.506 e. The molecule has 1 aromatic heterocycles. The van der Waals surface area contributed by atoms with Gasteiger partial charge in [0.15, 0.2) is 0 Å². The Morgan fingerprint density at radius 3 is 2.42 bits per heavy atom. The number of nitrogens with one attached hydrogen (secondary N) is 3. The number of H-pyrrole nitrogens is 1. The summed E-state index contributed by atoms with van der Waals surface area (Å²) in [4.78, 5) is 3.00. The second-order valence-electron chi connectivity index (χ2n) is 8.31. The van der Waals surface area contributed by atoms with E-state index in [0.717, 1.165) is 23.8 Å². The lowest BCUT2D eigenvalue weighted by atomic mass is 10.1. The van der Waals surface area contributed by atoms with E-state index in [1.54, 1.807) is 18.2 Å². The number of aliphatic hydroxyl groups excluding tert-OH is 1. The Morgan fingerprint density at radius 1 is 1.03 bits per heavy atom. The topological polar surface area (TPSA) is 124 Å². The molecule has 0 aliphatic heterocycles. The van der Waals surface area contributed by atoms with Crippen LogP contribution in [0, 0.1) is 0 Å². The Hall–Kier alpha value is -3.48. The van der Waals surface area contributed by atoms with Gasteiger partial charge in [-0.15, -0.1) is 0 Å². The van der Waals surface area contributed by atoms with Crippen LogP contribution in [-0.4, -0.2) is 49.6 Å². The van der Waals surface area contributed by atoms with Crippen LogP contribution in [0.5, 0.6) is 11.5 Å². The molecular weight excluding hydrogens is 499 g/mol. The molecule has 0 aliphatic rings. The molecule has 0 saturated heterocycles. The SMILES string of the molecule is CS(=O)(=O)Nc1cc([C@H](O)CNCCOc2ccc3c(c2)[nH]c2cc(C(F)(F)F)ccc23)ccc1O. The molecule has 0 aliphatic carbocycles. The minimum absolute atomic E-state index is 0.0283. The highest BCUT2D eigenvalue weighted by molar-refractivity contribution is 7.92. The molecule has 4 aromatic rings. The van der Waals surface area contributed by atoms with Gasteiger partial charge in [0, 0.05) is 35.4 Å². The van der Waals surface area contributed by atoms with E-state index in [-0.39, 0.29) is 24.6 Å². The Labute approximate surface area is 204 Å². The number of benzene rings is 3. The van der Waals surface area contributed by atoms with Crippen LogP contribution in [0.2, 0.25) is 0 Å². The van der Waals surface area contributed by atoms with Crippen molar-refractivity contribution in [2.75, 3.05) is 30.7 Å². The summed E-state index contributed by atoms with van der Waals surface area (Å²) in [5, 5.41) is 24.7. The summed E-state index contributed by atoms with van der Waals surface area (Å²) in [6.45, 7) is 0.783. The van der Waals surface area contributed by atoms with Crippen LogP contribution in [0.25, 0.3) is 21.8 Å². The van der Waals surface area contributed by atoms with Crippen molar-refractivity contribution in [2.24, 2.45) is 0 Å². The highest BCUT2D eigenvalue weighted by Gasteiger charge is 2.30. The molecule has 8 nitrogen and oxygen atoms in total. The number of hydrogen-bond acceptors (Lipinski definition) is 6. The van der Waals surface area contributed by atoms with Gasteiger partial charge in [0.05, 0.1) is 29.1 Å². The second kappa shape index (κ2) is 9.88. The van der Waals surface area contributed by atoms with Crippen molar-refractivity contribution in [2.45, 2.75) is 12.3 Å². The Bertz CT molecular complexity index is 1500. The lowest BCUT2D eigenvalue weighted by Gasteiger charge is -2.15. The molecule has 4 rings (SSSR count). The summed E-state index contributed by atoms with van der Waals surface area (Å²) in [6.07, 6.45) is -4.43. The predicted molar refractivity (Wildman–Crippen MR) is 131 cm³/mol. The summed E-state index contributed by atoms with van der Waals surface area (Å²) in [5.74, 6) is 0.271. The molecule has 0 spiro atoms. The Morgan fingerprint density at radius 2 is 1.72 bits per heavy atom. The fourth-order valence-electron chi connectivity index (χ4n) is 3.80. The summed E-state index contributed by atoms with van der Waals surface area (Å²) in [7, 11) is -3.59. The molecule has 3 aromatic carbocycles. The van der Waals surface area contributed by atoms with Crippen LogP contribution in [0.3, 0.4) is 0 Å². The molecule has 192 valence electrons. The van der Waals surface area contributed by atoms with E-state index in [4.69, 9.17) is 4.74 Å². The largest absolute Gasteiger partial charge is 0.506 e. The Kier molecular flexibility index (Phi) is 7.03. The lowest BCUT2D eigenvalue weighted by molar-refractivity contribution is -0.137. The number of rotatable bonds is 9. The minimum atomic E-state index is -4.42. The molecule has 0 amide bonds. The number of aromatic amines is 1. The van der Waals surface area contributed by atoms with Crippen LogP contribution in [0.4, 0.5) is 18.9 Å². The maximum Gasteiger partial charge on any atom is 0.416 e. The number of hydrogen-bond donors (Lipinski definition) is 5. The molecule has 12 heteroatoms. The first kappa shape index (κ1) is 25.6. The summed E-state index contributed by atoms with van der Waals surface area (Å²) < 4.78 is 69.7. The van der Waals surface area contributed by atoms with E-state index < -0.39 is 27.9 Å². The van der Waals surface area contributed by atoms with Gasteiger partial charge in [-0.25, -0.2) is 8.42 Å². The van der Waals surface area contributed by atoms with Crippen LogP contribution in [0.1, 0.15) is 17.2 Å². The van der Waals surface area contributed by atoms with Crippen molar-refractivity contribution in [3.8, 4) is 11.5 Å². The van der Waals surface area contributed by atoms with Gasteiger partial charge in [-0.2, -0.15) is 13.2 Å². The maximum absolute atomic E-state index is 13.0. The molecule has 5 N–H and O–H groups in total. The fraction of sp³-hybridized carbons (Fsp3) is 0.250. The highest BCUT2D eigenvalue weighted by atomic mass is 32.2. The molecule has 0 radical (unpaired) electrons. The number of phenols is 1. The third kappa shape index (κ3) is 6.01. The first-order chi connectivity index (χ1) is 16.9. The van der Waals surface area contributed by atoms with Gasteiger partial charge in [0.1, 0.15) is 18.1 Å². The van der Waals surface area contributed by atoms with Crippen molar-refractivity contribution in [1.29, 1.82) is 0 Å². The van der Waals surface area contributed by atoms with E-state index >= 15 is 0 Å². The Balaban J connectivity index is 1.32. The zero-order valence-corrected chi connectivity index (χ0v) is 19.9. The highest BCUT2D eigenvalue weighted by Crippen LogP contribution is 2.34. The molecule has 0 fully saturated rings. The van der Waals surface area contributed by atoms with Crippen molar-refractivity contribution >= 4 is 37.5 Å². The van der Waals surface area contributed by atoms with Crippen molar-refractivity contribution in [1.82, 2.24) is 10.3 Å². The van der Waals surface area contributed by atoms with E-state index in [9.17, 15) is 31.8 Å². The van der Waals surface area contributed by atoms with Crippen LogP contribution in [-0.2, 0) is 16.2 Å². The smallest absolute Gasteiger partial charge is 0.416 e. The maximum atomic E-state index is 13.0. The lowest BCUT2D eigenvalue weighted by Crippen LogP contribution is -2.26. The average molecular weight is 524 g/mol. The van der Waals surface area contributed by atoms with Gasteiger partial charge in [-0.3, -0.25) is 4.72 Å². The van der Waals surface area contributed by atoms with Crippen molar-refractivity contribution < 1.29 is 36.5 Å². The van der Waals surface area contributed by atoms with Crippen molar-refractivity contribution in [3.05, 3.63) is 65.7 Å². The standard InChI is InChI=1S/C24H24F3N3O5S/c1-36(33,34)30-21-10-14(2-7-22(21)31)23(32)13-28-8-9-35-16-4-6-18-17-5-3-15(24(25,26)27)11-19(17)29-20(18)12-16/h2-7,10-12,23,28-32H,8-9,13H2,1H3/t23-/m1/s1. The number of anilines is 1. The molecular formula is C24H24F3N3O5S. The number of halogens is 3. The van der Waals surface area contributed by atoms with Crippen LogP contribution >= 0.6 is 0 Å². The number of aromatic hydroxyl groups is 1. The predicted octanol–water partition coefficient (Wildman–Crippen LogP) is 4.12. The van der Waals surface area contributed by atoms with Gasteiger partial charge in [-0.1, -0.05) is 12.1 Å². The normalized spacial score (nSPS) is 13.2. The van der Waals surface area contributed by atoms with Gasteiger partial charge in [0.25, 0.3) is 0 Å². The molecule has 0 saturated carbocycles. The quantitative estimate of drug-likeness (QED) is 0.166. The third-order valence-corrected chi connectivity index (χ3v) is 6.07. The summed E-state index contributed by atoms with van der Waals surface area (Å²) in [6, 6.07) is 12.9. The number of sulfonamides is 1. The molecule has 0 unspecified atom stereocenters. The first-order valence-electron chi connectivity index (χ1n) is 10.9. The first-order valence-corrected chi connectivity index (χ1v) is 12.7. The van der Waals surface area contributed by atoms with E-state index in [1.165, 1.54) is 24.3 Å². The van der Waals surface area contributed by atoms with E-state index in [1.807, 2.05) is 0 Å². The summed E-state index contributed by atoms with van der Waals surface area (Å²) in [5.41, 5.74) is 0.693. The van der Waals surface area contributed by atoms with E-state index in [0.29, 0.717) is 34.3 Å². The molecule has 0 bridgehead atoms. The second-order valence-corrected chi connectivity index (χ2v) is 10.1. The number of aromatic nitrogens is 1. The number of fused-ring (bicyclic) bond motifs is 3. The van der Waals surface area contributed by atoms with Crippen LogP contribution < -0.4 is 14.8 Å². The number of aliphatic hydroxyl groups is 1. The van der Waals surface area contributed by atoms with Gasteiger partial charge >= 0.3 is 6.18 Å². The van der Waals surface area contributed by atoms with Gasteiger partial charge in [-0.05, 0) is 42.0 Å². The zero-order chi connectivity index (χ0) is 26.1. The number of phenolic OH excluding ortho intramolecular Hbond substituents is 1. The summed E-state index contributed by atoms with van der Waals surface area (Å²) >= 11 is 0. The molecule has 36 heavy (non-hydrogen) atoms. The monoisotopic (exact) mass is 523 g/mol. The van der Waals surface area contributed by atoms with E-state index in [2.05, 4.69) is 15.0 Å². The number of alkyl halides is 3. The molecule has 1 atom stereocenters. The van der Waals surface area contributed by atoms with Crippen LogP contribution in [0.15, 0.2) is 54.6 Å². The molecule has 1 heterocycles. The average Bonchev–Trinajstić information content (AvgIpc) is 3.15. The van der Waals surface area contributed by atoms with Gasteiger partial charge < -0.3 is 25.3 Å². The zero-order valence-electron chi connectivity index (χ0n) is 19.1. The number of ether oxygens (including phenoxy) is 1. The third-order valence-electron chi connectivity index (χ3n) is 5.48.